The summed E-state index contributed by atoms with van der Waals surface area (Å²) in [7, 11) is -2.25. The van der Waals surface area contributed by atoms with Crippen molar-refractivity contribution >= 4 is 19.4 Å². The fraction of sp³-hybridized carbons (Fsp3) is 0.571. The van der Waals surface area contributed by atoms with Crippen molar-refractivity contribution in [1.82, 2.24) is 0 Å². The normalized spacial score (nSPS) is 28.3. The highest BCUT2D eigenvalue weighted by Crippen LogP contribution is 2.57. The van der Waals surface area contributed by atoms with Gasteiger partial charge in [0, 0.05) is 18.6 Å². The highest BCUT2D eigenvalue weighted by atomic mass is 35.5. The van der Waals surface area contributed by atoms with Gasteiger partial charge in [-0.3, -0.25) is 13.6 Å². The number of rotatable bonds is 6. The third-order valence-corrected chi connectivity index (χ3v) is 5.06. The average Bonchev–Trinajstić information content (AvgIpc) is 2.47. The molecule has 1 aliphatic heterocycles. The van der Waals surface area contributed by atoms with E-state index in [4.69, 9.17) is 29.9 Å². The molecule has 0 radical (unpaired) electrons. The summed E-state index contributed by atoms with van der Waals surface area (Å²) in [5.41, 5.74) is 0.818. The predicted molar refractivity (Wildman–Crippen MR) is 81.9 cm³/mol. The number of halogens is 1. The molecule has 1 aromatic rings. The van der Waals surface area contributed by atoms with Crippen molar-refractivity contribution in [2.24, 2.45) is 0 Å². The molecule has 0 spiro atoms. The molecule has 6 nitrogen and oxygen atoms in total. The molecule has 0 bridgehead atoms. The highest BCUT2D eigenvalue weighted by Gasteiger charge is 2.37. The quantitative estimate of drug-likeness (QED) is 0.793. The number of aliphatic hydroxyl groups excluding tert-OH is 1. The summed E-state index contributed by atoms with van der Waals surface area (Å²) < 4.78 is 33.5. The molecule has 1 aromatic carbocycles. The van der Waals surface area contributed by atoms with E-state index in [-0.39, 0.29) is 13.2 Å². The first-order valence-electron chi connectivity index (χ1n) is 6.97. The minimum absolute atomic E-state index is 0.0896. The van der Waals surface area contributed by atoms with Gasteiger partial charge in [-0.1, -0.05) is 23.7 Å². The SMILES string of the molecule is COC(COP1(=O)OCCC(c2cccc(Cl)c2)O1)[C@H](C)O. The van der Waals surface area contributed by atoms with Gasteiger partial charge in [0.1, 0.15) is 6.10 Å². The largest absolute Gasteiger partial charge is 0.475 e. The lowest BCUT2D eigenvalue weighted by Crippen LogP contribution is -2.30. The third-order valence-electron chi connectivity index (χ3n) is 3.34. The molecule has 1 saturated heterocycles. The predicted octanol–water partition coefficient (Wildman–Crippen LogP) is 3.34. The summed E-state index contributed by atoms with van der Waals surface area (Å²) in [6, 6.07) is 7.17. The fourth-order valence-electron chi connectivity index (χ4n) is 2.08. The van der Waals surface area contributed by atoms with Crippen LogP contribution >= 0.6 is 19.4 Å². The van der Waals surface area contributed by atoms with Crippen LogP contribution < -0.4 is 0 Å². The lowest BCUT2D eigenvalue weighted by atomic mass is 10.1. The van der Waals surface area contributed by atoms with Crippen molar-refractivity contribution in [1.29, 1.82) is 0 Å². The highest BCUT2D eigenvalue weighted by molar-refractivity contribution is 7.48. The average molecular weight is 351 g/mol. The Morgan fingerprint density at radius 1 is 1.55 bits per heavy atom. The number of hydrogen-bond acceptors (Lipinski definition) is 6. The molecule has 0 aliphatic carbocycles. The van der Waals surface area contributed by atoms with E-state index in [1.165, 1.54) is 7.11 Å². The van der Waals surface area contributed by atoms with Crippen molar-refractivity contribution in [2.45, 2.75) is 31.7 Å². The first kappa shape index (κ1) is 17.9. The van der Waals surface area contributed by atoms with E-state index in [2.05, 4.69) is 0 Å². The summed E-state index contributed by atoms with van der Waals surface area (Å²) in [6.07, 6.45) is -1.22. The van der Waals surface area contributed by atoms with E-state index in [0.29, 0.717) is 11.4 Å². The molecule has 0 saturated carbocycles. The van der Waals surface area contributed by atoms with E-state index < -0.39 is 26.1 Å². The van der Waals surface area contributed by atoms with Crippen molar-refractivity contribution in [2.75, 3.05) is 20.3 Å². The van der Waals surface area contributed by atoms with E-state index in [0.717, 1.165) is 5.56 Å². The van der Waals surface area contributed by atoms with Crippen LogP contribution in [0.2, 0.25) is 5.02 Å². The Morgan fingerprint density at radius 3 is 2.95 bits per heavy atom. The van der Waals surface area contributed by atoms with Gasteiger partial charge >= 0.3 is 7.82 Å². The monoisotopic (exact) mass is 350 g/mol. The van der Waals surface area contributed by atoms with Crippen molar-refractivity contribution < 1.29 is 28.0 Å². The molecule has 3 unspecified atom stereocenters. The van der Waals surface area contributed by atoms with E-state index in [9.17, 15) is 9.67 Å². The number of methoxy groups -OCH3 is 1. The number of benzene rings is 1. The molecule has 0 aromatic heterocycles. The van der Waals surface area contributed by atoms with Gasteiger partial charge in [0.2, 0.25) is 0 Å². The number of phosphoric acid groups is 1. The number of ether oxygens (including phenoxy) is 1. The maximum absolute atomic E-state index is 12.5. The zero-order valence-electron chi connectivity index (χ0n) is 12.5. The maximum atomic E-state index is 12.5. The van der Waals surface area contributed by atoms with Crippen LogP contribution in [0.5, 0.6) is 0 Å². The summed E-state index contributed by atoms with van der Waals surface area (Å²) in [4.78, 5) is 0. The Labute approximate surface area is 134 Å². The van der Waals surface area contributed by atoms with E-state index >= 15 is 0 Å². The Hall–Kier alpha value is -0.460. The second-order valence-corrected chi connectivity index (χ2v) is 7.09. The summed E-state index contributed by atoms with van der Waals surface area (Å²) >= 11 is 5.96. The fourth-order valence-corrected chi connectivity index (χ4v) is 3.67. The van der Waals surface area contributed by atoms with Crippen molar-refractivity contribution in [3.8, 4) is 0 Å². The Bertz CT molecular complexity index is 538. The third kappa shape index (κ3) is 4.77. The topological polar surface area (TPSA) is 74.2 Å². The zero-order valence-corrected chi connectivity index (χ0v) is 14.1. The molecule has 1 aliphatic rings. The Balaban J connectivity index is 2.01. The summed E-state index contributed by atoms with van der Waals surface area (Å²) in [5, 5.41) is 10.1. The smallest absolute Gasteiger partial charge is 0.391 e. The van der Waals surface area contributed by atoms with Crippen LogP contribution in [-0.2, 0) is 22.9 Å². The lowest BCUT2D eigenvalue weighted by molar-refractivity contribution is -0.0450. The van der Waals surface area contributed by atoms with Crippen LogP contribution in [0.3, 0.4) is 0 Å². The second kappa shape index (κ2) is 7.88. The first-order chi connectivity index (χ1) is 10.4. The van der Waals surface area contributed by atoms with Crippen LogP contribution in [0, 0.1) is 0 Å². The minimum Gasteiger partial charge on any atom is -0.391 e. The van der Waals surface area contributed by atoms with Crippen LogP contribution in [0.15, 0.2) is 24.3 Å². The van der Waals surface area contributed by atoms with Crippen LogP contribution in [0.4, 0.5) is 0 Å². The Morgan fingerprint density at radius 2 is 2.32 bits per heavy atom. The molecular weight excluding hydrogens is 331 g/mol. The van der Waals surface area contributed by atoms with Crippen LogP contribution in [0.1, 0.15) is 25.0 Å². The molecule has 2 rings (SSSR count). The minimum atomic E-state index is -3.69. The van der Waals surface area contributed by atoms with Gasteiger partial charge in [-0.2, -0.15) is 0 Å². The van der Waals surface area contributed by atoms with Gasteiger partial charge in [0.15, 0.2) is 0 Å². The molecule has 124 valence electrons. The van der Waals surface area contributed by atoms with Crippen LogP contribution in [-0.4, -0.2) is 37.6 Å². The number of phosphoric ester groups is 1. The van der Waals surface area contributed by atoms with Gasteiger partial charge in [-0.15, -0.1) is 0 Å². The summed E-state index contributed by atoms with van der Waals surface area (Å²) in [6.45, 7) is 1.72. The summed E-state index contributed by atoms with van der Waals surface area (Å²) in [5.74, 6) is 0. The van der Waals surface area contributed by atoms with Gasteiger partial charge in [0.05, 0.1) is 25.4 Å². The van der Waals surface area contributed by atoms with Gasteiger partial charge < -0.3 is 9.84 Å². The molecule has 4 atom stereocenters. The van der Waals surface area contributed by atoms with E-state index in [1.807, 2.05) is 6.07 Å². The second-order valence-electron chi connectivity index (χ2n) is 5.03. The first-order valence-corrected chi connectivity index (χ1v) is 8.81. The molecule has 1 heterocycles. The van der Waals surface area contributed by atoms with Crippen molar-refractivity contribution in [3.05, 3.63) is 34.9 Å². The van der Waals surface area contributed by atoms with Gasteiger partial charge in [-0.05, 0) is 24.6 Å². The van der Waals surface area contributed by atoms with E-state index in [1.54, 1.807) is 25.1 Å². The lowest BCUT2D eigenvalue weighted by Gasteiger charge is -2.30. The number of hydrogen-bond donors (Lipinski definition) is 1. The molecule has 1 N–H and O–H groups in total. The van der Waals surface area contributed by atoms with Crippen molar-refractivity contribution in [3.63, 3.8) is 0 Å². The Kier molecular flexibility index (Phi) is 6.41. The molecule has 0 amide bonds. The molecule has 22 heavy (non-hydrogen) atoms. The molecule has 8 heteroatoms. The zero-order chi connectivity index (χ0) is 16.2. The maximum Gasteiger partial charge on any atom is 0.475 e. The molecule has 1 fully saturated rings. The van der Waals surface area contributed by atoms with Gasteiger partial charge in [-0.25, -0.2) is 4.57 Å². The molecular formula is C14H20ClO6P. The van der Waals surface area contributed by atoms with Gasteiger partial charge in [0.25, 0.3) is 0 Å². The van der Waals surface area contributed by atoms with Crippen LogP contribution in [0.25, 0.3) is 0 Å². The number of aliphatic hydroxyl groups is 1. The standard InChI is InChI=1S/C14H20ClO6P/c1-10(16)14(18-2)9-20-22(17)19-7-6-13(21-22)11-4-3-5-12(15)8-11/h3-5,8,10,13-14,16H,6-7,9H2,1-2H3/t10-,13?,14?,22?/m0/s1.